The van der Waals surface area contributed by atoms with E-state index in [0.717, 1.165) is 54.4 Å². The molecular formula is C24H29N3O3. The molecule has 0 bridgehead atoms. The van der Waals surface area contributed by atoms with Gasteiger partial charge in [-0.05, 0) is 31.4 Å². The van der Waals surface area contributed by atoms with E-state index in [9.17, 15) is 4.79 Å². The summed E-state index contributed by atoms with van der Waals surface area (Å²) in [6.45, 7) is 6.60. The van der Waals surface area contributed by atoms with E-state index >= 15 is 0 Å². The minimum absolute atomic E-state index is 0.0798. The molecule has 0 N–H and O–H groups in total. The van der Waals surface area contributed by atoms with Crippen molar-refractivity contribution in [1.29, 1.82) is 0 Å². The third-order valence-corrected chi connectivity index (χ3v) is 5.54. The van der Waals surface area contributed by atoms with Gasteiger partial charge in [0.15, 0.2) is 0 Å². The first-order valence-corrected chi connectivity index (χ1v) is 10.7. The standard InChI is InChI=1S/C24H29N3O3/c1-18(2)23(28)27(16-20-12-9-15-29-20)17-21-22(19-10-5-3-6-11-19)25-30-24(21)26-13-7-4-8-14-26/h3,5-6,9-12,15,18H,4,7-8,13-14,16-17H2,1-2H3. The van der Waals surface area contributed by atoms with E-state index < -0.39 is 0 Å². The molecule has 0 unspecified atom stereocenters. The van der Waals surface area contributed by atoms with Gasteiger partial charge in [0.05, 0.1) is 24.9 Å². The van der Waals surface area contributed by atoms with Gasteiger partial charge in [-0.1, -0.05) is 49.3 Å². The monoisotopic (exact) mass is 407 g/mol. The van der Waals surface area contributed by atoms with Crippen molar-refractivity contribution in [3.05, 3.63) is 60.1 Å². The Labute approximate surface area is 177 Å². The van der Waals surface area contributed by atoms with E-state index in [0.29, 0.717) is 13.1 Å². The largest absolute Gasteiger partial charge is 0.467 e. The fraction of sp³-hybridized carbons (Fsp3) is 0.417. The molecule has 0 saturated carbocycles. The van der Waals surface area contributed by atoms with Crippen molar-refractivity contribution in [3.8, 4) is 11.3 Å². The van der Waals surface area contributed by atoms with E-state index in [1.165, 1.54) is 6.42 Å². The van der Waals surface area contributed by atoms with E-state index in [1.807, 2.05) is 61.2 Å². The number of nitrogens with zero attached hydrogens (tertiary/aromatic N) is 3. The highest BCUT2D eigenvalue weighted by atomic mass is 16.5. The topological polar surface area (TPSA) is 62.7 Å². The summed E-state index contributed by atoms with van der Waals surface area (Å²) in [7, 11) is 0. The quantitative estimate of drug-likeness (QED) is 0.545. The molecule has 3 heterocycles. The number of amides is 1. The Morgan fingerprint density at radius 1 is 1.07 bits per heavy atom. The maximum atomic E-state index is 13.1. The summed E-state index contributed by atoms with van der Waals surface area (Å²) < 4.78 is 11.4. The van der Waals surface area contributed by atoms with Gasteiger partial charge in [-0.15, -0.1) is 0 Å². The van der Waals surface area contributed by atoms with Gasteiger partial charge >= 0.3 is 0 Å². The molecule has 1 aliphatic rings. The number of aromatic nitrogens is 1. The van der Waals surface area contributed by atoms with Gasteiger partial charge in [0, 0.05) is 24.6 Å². The molecule has 4 rings (SSSR count). The van der Waals surface area contributed by atoms with Crippen molar-refractivity contribution in [2.24, 2.45) is 5.92 Å². The van der Waals surface area contributed by atoms with Gasteiger partial charge in [-0.2, -0.15) is 0 Å². The van der Waals surface area contributed by atoms with E-state index in [1.54, 1.807) is 6.26 Å². The van der Waals surface area contributed by atoms with Crippen molar-refractivity contribution < 1.29 is 13.7 Å². The van der Waals surface area contributed by atoms with Crippen LogP contribution >= 0.6 is 0 Å². The second-order valence-electron chi connectivity index (χ2n) is 8.16. The molecule has 1 aliphatic heterocycles. The lowest BCUT2D eigenvalue weighted by Crippen LogP contribution is -2.35. The van der Waals surface area contributed by atoms with Crippen LogP contribution in [0, 0.1) is 5.92 Å². The Morgan fingerprint density at radius 2 is 1.83 bits per heavy atom. The summed E-state index contributed by atoms with van der Waals surface area (Å²) in [5.41, 5.74) is 2.76. The predicted molar refractivity (Wildman–Crippen MR) is 116 cm³/mol. The van der Waals surface area contributed by atoms with Crippen LogP contribution in [-0.4, -0.2) is 29.1 Å². The summed E-state index contributed by atoms with van der Waals surface area (Å²) >= 11 is 0. The molecule has 1 fully saturated rings. The van der Waals surface area contributed by atoms with Crippen LogP contribution in [0.2, 0.25) is 0 Å². The molecule has 3 aromatic rings. The highest BCUT2D eigenvalue weighted by Gasteiger charge is 2.28. The van der Waals surface area contributed by atoms with Crippen molar-refractivity contribution >= 4 is 11.8 Å². The number of piperidine rings is 1. The van der Waals surface area contributed by atoms with E-state index in [-0.39, 0.29) is 11.8 Å². The van der Waals surface area contributed by atoms with Crippen LogP contribution in [0.25, 0.3) is 11.3 Å². The number of furan rings is 1. The molecule has 0 spiro atoms. The van der Waals surface area contributed by atoms with Crippen LogP contribution in [0.5, 0.6) is 0 Å². The lowest BCUT2D eigenvalue weighted by Gasteiger charge is -2.28. The number of hydrogen-bond acceptors (Lipinski definition) is 5. The Hall–Kier alpha value is -3.02. The van der Waals surface area contributed by atoms with Gasteiger partial charge in [-0.3, -0.25) is 4.79 Å². The molecular weight excluding hydrogens is 378 g/mol. The van der Waals surface area contributed by atoms with Gasteiger partial charge < -0.3 is 18.7 Å². The summed E-state index contributed by atoms with van der Waals surface area (Å²) in [4.78, 5) is 17.2. The van der Waals surface area contributed by atoms with Crippen molar-refractivity contribution in [1.82, 2.24) is 10.1 Å². The van der Waals surface area contributed by atoms with Crippen LogP contribution < -0.4 is 4.90 Å². The highest BCUT2D eigenvalue weighted by molar-refractivity contribution is 5.79. The minimum atomic E-state index is -0.113. The molecule has 2 aromatic heterocycles. The first kappa shape index (κ1) is 20.3. The number of hydrogen-bond donors (Lipinski definition) is 0. The minimum Gasteiger partial charge on any atom is -0.467 e. The third kappa shape index (κ3) is 4.42. The van der Waals surface area contributed by atoms with Crippen LogP contribution in [-0.2, 0) is 17.9 Å². The van der Waals surface area contributed by atoms with Crippen molar-refractivity contribution in [3.63, 3.8) is 0 Å². The summed E-state index contributed by atoms with van der Waals surface area (Å²) in [5.74, 6) is 1.52. The van der Waals surface area contributed by atoms with Gasteiger partial charge in [0.25, 0.3) is 0 Å². The van der Waals surface area contributed by atoms with Crippen LogP contribution in [0.3, 0.4) is 0 Å². The molecule has 1 aromatic carbocycles. The molecule has 6 nitrogen and oxygen atoms in total. The van der Waals surface area contributed by atoms with Crippen LogP contribution in [0.1, 0.15) is 44.4 Å². The zero-order chi connectivity index (χ0) is 20.9. The van der Waals surface area contributed by atoms with Crippen LogP contribution in [0.15, 0.2) is 57.7 Å². The molecule has 0 radical (unpaired) electrons. The number of carbonyl (C=O) groups is 1. The number of carbonyl (C=O) groups excluding carboxylic acids is 1. The molecule has 30 heavy (non-hydrogen) atoms. The molecule has 158 valence electrons. The van der Waals surface area contributed by atoms with E-state index in [4.69, 9.17) is 8.94 Å². The Morgan fingerprint density at radius 3 is 2.50 bits per heavy atom. The van der Waals surface area contributed by atoms with Gasteiger partial charge in [0.2, 0.25) is 11.8 Å². The van der Waals surface area contributed by atoms with Crippen molar-refractivity contribution in [2.75, 3.05) is 18.0 Å². The lowest BCUT2D eigenvalue weighted by atomic mass is 10.0. The van der Waals surface area contributed by atoms with Crippen LogP contribution in [0.4, 0.5) is 5.88 Å². The number of rotatable bonds is 7. The predicted octanol–water partition coefficient (Wildman–Crippen LogP) is 5.11. The molecule has 0 atom stereocenters. The fourth-order valence-electron chi connectivity index (χ4n) is 3.97. The number of benzene rings is 1. The number of anilines is 1. The second-order valence-corrected chi connectivity index (χ2v) is 8.16. The van der Waals surface area contributed by atoms with Crippen molar-refractivity contribution in [2.45, 2.75) is 46.2 Å². The summed E-state index contributed by atoms with van der Waals surface area (Å²) in [5, 5.41) is 4.44. The molecule has 0 aliphatic carbocycles. The van der Waals surface area contributed by atoms with E-state index in [2.05, 4.69) is 10.1 Å². The summed E-state index contributed by atoms with van der Waals surface area (Å²) in [6, 6.07) is 13.8. The molecule has 1 saturated heterocycles. The first-order valence-electron chi connectivity index (χ1n) is 10.7. The zero-order valence-corrected chi connectivity index (χ0v) is 17.7. The maximum absolute atomic E-state index is 13.1. The SMILES string of the molecule is CC(C)C(=O)N(Cc1ccco1)Cc1c(-c2ccccc2)noc1N1CCCCC1. The Balaban J connectivity index is 1.71. The average molecular weight is 408 g/mol. The normalized spacial score (nSPS) is 14.3. The summed E-state index contributed by atoms with van der Waals surface area (Å²) in [6.07, 6.45) is 5.16. The highest BCUT2D eigenvalue weighted by Crippen LogP contribution is 2.34. The first-order chi connectivity index (χ1) is 14.6. The Kier molecular flexibility index (Phi) is 6.21. The second kappa shape index (κ2) is 9.20. The zero-order valence-electron chi connectivity index (χ0n) is 17.7. The van der Waals surface area contributed by atoms with Gasteiger partial charge in [0.1, 0.15) is 11.5 Å². The lowest BCUT2D eigenvalue weighted by molar-refractivity contribution is -0.136. The van der Waals surface area contributed by atoms with Gasteiger partial charge in [-0.25, -0.2) is 0 Å². The fourth-order valence-corrected chi connectivity index (χ4v) is 3.97. The smallest absolute Gasteiger partial charge is 0.232 e. The average Bonchev–Trinajstić information content (AvgIpc) is 3.44. The third-order valence-electron chi connectivity index (χ3n) is 5.54. The Bertz CT molecular complexity index is 942. The molecule has 1 amide bonds. The maximum Gasteiger partial charge on any atom is 0.232 e. The molecule has 6 heteroatoms.